The van der Waals surface area contributed by atoms with Crippen LogP contribution in [0.5, 0.6) is 0 Å². The number of benzene rings is 1. The molecule has 0 aromatic heterocycles. The van der Waals surface area contributed by atoms with Crippen LogP contribution in [-0.4, -0.2) is 29.9 Å². The Kier molecular flexibility index (Phi) is 10.6. The lowest BCUT2D eigenvalue weighted by Gasteiger charge is -2.31. The van der Waals surface area contributed by atoms with Gasteiger partial charge in [-0.25, -0.2) is 0 Å². The standard InChI is InChI=1S/C18H29N3O.2ClH/c1-3-21(2)14-16-9-7-8-15(12-16)13-20-17(22)18(19)10-5-4-6-11-18;;/h7-9,12H,3-6,10-11,13-14,19H2,1-2H3,(H,20,22);2*1H. The van der Waals surface area contributed by atoms with Gasteiger partial charge in [0.25, 0.3) is 0 Å². The van der Waals surface area contributed by atoms with Crippen molar-refractivity contribution in [3.05, 3.63) is 35.4 Å². The van der Waals surface area contributed by atoms with E-state index in [0.29, 0.717) is 6.54 Å². The minimum Gasteiger partial charge on any atom is -0.350 e. The molecule has 138 valence electrons. The maximum atomic E-state index is 12.4. The van der Waals surface area contributed by atoms with Gasteiger partial charge >= 0.3 is 0 Å². The van der Waals surface area contributed by atoms with E-state index >= 15 is 0 Å². The molecule has 1 aromatic carbocycles. The minimum absolute atomic E-state index is 0. The molecular formula is C18H31Cl2N3O. The molecule has 1 aliphatic rings. The Hall–Kier alpha value is -0.810. The third kappa shape index (κ3) is 6.60. The Morgan fingerprint density at radius 1 is 1.21 bits per heavy atom. The summed E-state index contributed by atoms with van der Waals surface area (Å²) < 4.78 is 0. The molecule has 1 aromatic rings. The third-order valence-electron chi connectivity index (χ3n) is 4.63. The monoisotopic (exact) mass is 375 g/mol. The number of nitrogens with one attached hydrogen (secondary N) is 1. The van der Waals surface area contributed by atoms with Crippen molar-refractivity contribution in [3.63, 3.8) is 0 Å². The van der Waals surface area contributed by atoms with Crippen LogP contribution in [0.4, 0.5) is 0 Å². The summed E-state index contributed by atoms with van der Waals surface area (Å²) in [5.74, 6) is 0.00304. The molecule has 0 saturated heterocycles. The van der Waals surface area contributed by atoms with Gasteiger partial charge in [-0.15, -0.1) is 24.8 Å². The summed E-state index contributed by atoms with van der Waals surface area (Å²) >= 11 is 0. The molecule has 1 aliphatic carbocycles. The number of hydrogen-bond acceptors (Lipinski definition) is 3. The second kappa shape index (κ2) is 10.9. The van der Waals surface area contributed by atoms with Crippen LogP contribution < -0.4 is 11.1 Å². The van der Waals surface area contributed by atoms with Crippen LogP contribution in [0.2, 0.25) is 0 Å². The molecule has 1 fully saturated rings. The van der Waals surface area contributed by atoms with Crippen molar-refractivity contribution in [2.45, 2.75) is 57.7 Å². The molecule has 4 nitrogen and oxygen atoms in total. The van der Waals surface area contributed by atoms with E-state index in [1.54, 1.807) is 0 Å². The summed E-state index contributed by atoms with van der Waals surface area (Å²) in [4.78, 5) is 14.6. The van der Waals surface area contributed by atoms with Crippen molar-refractivity contribution in [1.82, 2.24) is 10.2 Å². The number of rotatable bonds is 6. The van der Waals surface area contributed by atoms with Crippen molar-refractivity contribution < 1.29 is 4.79 Å². The normalized spacial score (nSPS) is 16.0. The topological polar surface area (TPSA) is 58.4 Å². The zero-order chi connectivity index (χ0) is 16.0. The summed E-state index contributed by atoms with van der Waals surface area (Å²) in [6.07, 6.45) is 4.92. The van der Waals surface area contributed by atoms with Crippen LogP contribution in [0.15, 0.2) is 24.3 Å². The predicted molar refractivity (Wildman–Crippen MR) is 105 cm³/mol. The van der Waals surface area contributed by atoms with Gasteiger partial charge < -0.3 is 16.0 Å². The highest BCUT2D eigenvalue weighted by atomic mass is 35.5. The van der Waals surface area contributed by atoms with E-state index in [9.17, 15) is 4.79 Å². The van der Waals surface area contributed by atoms with Crippen LogP contribution in [0.25, 0.3) is 0 Å². The minimum atomic E-state index is -0.654. The van der Waals surface area contributed by atoms with Gasteiger partial charge in [0.05, 0.1) is 5.54 Å². The maximum absolute atomic E-state index is 12.4. The highest BCUT2D eigenvalue weighted by Gasteiger charge is 2.34. The van der Waals surface area contributed by atoms with Crippen LogP contribution in [0, 0.1) is 0 Å². The van der Waals surface area contributed by atoms with Crippen molar-refractivity contribution in [3.8, 4) is 0 Å². The van der Waals surface area contributed by atoms with Gasteiger partial charge in [0.1, 0.15) is 0 Å². The Morgan fingerprint density at radius 2 is 1.83 bits per heavy atom. The molecule has 1 amide bonds. The van der Waals surface area contributed by atoms with Crippen LogP contribution in [-0.2, 0) is 17.9 Å². The largest absolute Gasteiger partial charge is 0.350 e. The summed E-state index contributed by atoms with van der Waals surface area (Å²) in [6, 6.07) is 8.40. The highest BCUT2D eigenvalue weighted by Crippen LogP contribution is 2.26. The number of nitrogens with zero attached hydrogens (tertiary/aromatic N) is 1. The third-order valence-corrected chi connectivity index (χ3v) is 4.63. The van der Waals surface area contributed by atoms with Crippen LogP contribution >= 0.6 is 24.8 Å². The molecule has 2 rings (SSSR count). The Bertz CT molecular complexity index is 505. The first-order valence-electron chi connectivity index (χ1n) is 8.37. The van der Waals surface area contributed by atoms with Crippen molar-refractivity contribution in [2.24, 2.45) is 5.73 Å². The number of amides is 1. The SMILES string of the molecule is CCN(C)Cc1cccc(CNC(=O)C2(N)CCCCC2)c1.Cl.Cl. The van der Waals surface area contributed by atoms with Gasteiger partial charge in [-0.05, 0) is 37.6 Å². The molecule has 0 radical (unpaired) electrons. The predicted octanol–water partition coefficient (Wildman–Crippen LogP) is 3.26. The van der Waals surface area contributed by atoms with Gasteiger partial charge in [0.15, 0.2) is 0 Å². The second-order valence-electron chi connectivity index (χ2n) is 6.55. The number of carbonyl (C=O) groups is 1. The fraction of sp³-hybridized carbons (Fsp3) is 0.611. The lowest BCUT2D eigenvalue weighted by molar-refractivity contribution is -0.127. The average Bonchev–Trinajstić information content (AvgIpc) is 2.53. The summed E-state index contributed by atoms with van der Waals surface area (Å²) in [6.45, 7) is 4.66. The zero-order valence-corrected chi connectivity index (χ0v) is 16.3. The molecule has 1 saturated carbocycles. The Labute approximate surface area is 158 Å². The van der Waals surface area contributed by atoms with E-state index in [1.165, 1.54) is 12.0 Å². The van der Waals surface area contributed by atoms with Gasteiger partial charge in [0.2, 0.25) is 5.91 Å². The quantitative estimate of drug-likeness (QED) is 0.801. The van der Waals surface area contributed by atoms with Crippen LogP contribution in [0.1, 0.15) is 50.2 Å². The second-order valence-corrected chi connectivity index (χ2v) is 6.55. The first-order chi connectivity index (χ1) is 10.5. The number of nitrogens with two attached hydrogens (primary N) is 1. The number of hydrogen-bond donors (Lipinski definition) is 2. The number of carbonyl (C=O) groups excluding carboxylic acids is 1. The molecular weight excluding hydrogens is 345 g/mol. The van der Waals surface area contributed by atoms with Gasteiger partial charge in [-0.3, -0.25) is 4.79 Å². The molecule has 3 N–H and O–H groups in total. The summed E-state index contributed by atoms with van der Waals surface area (Å²) in [5.41, 5.74) is 8.02. The molecule has 0 unspecified atom stereocenters. The van der Waals surface area contributed by atoms with E-state index in [-0.39, 0.29) is 30.7 Å². The van der Waals surface area contributed by atoms with Gasteiger partial charge in [-0.2, -0.15) is 0 Å². The molecule has 24 heavy (non-hydrogen) atoms. The Balaban J connectivity index is 0.00000264. The summed E-state index contributed by atoms with van der Waals surface area (Å²) in [5, 5.41) is 3.03. The first-order valence-corrected chi connectivity index (χ1v) is 8.37. The average molecular weight is 376 g/mol. The first kappa shape index (κ1) is 23.2. The molecule has 6 heteroatoms. The molecule has 0 atom stereocenters. The van der Waals surface area contributed by atoms with Crippen molar-refractivity contribution >= 4 is 30.7 Å². The van der Waals surface area contributed by atoms with E-state index in [0.717, 1.165) is 44.3 Å². The van der Waals surface area contributed by atoms with Gasteiger partial charge in [0, 0.05) is 13.1 Å². The van der Waals surface area contributed by atoms with E-state index in [2.05, 4.69) is 48.5 Å². The summed E-state index contributed by atoms with van der Waals surface area (Å²) in [7, 11) is 2.11. The maximum Gasteiger partial charge on any atom is 0.240 e. The fourth-order valence-corrected chi connectivity index (χ4v) is 3.03. The highest BCUT2D eigenvalue weighted by molar-refractivity contribution is 5.86. The lowest BCUT2D eigenvalue weighted by atomic mass is 9.82. The van der Waals surface area contributed by atoms with Crippen molar-refractivity contribution in [1.29, 1.82) is 0 Å². The molecule has 0 heterocycles. The number of halogens is 2. The van der Waals surface area contributed by atoms with E-state index in [4.69, 9.17) is 5.73 Å². The zero-order valence-electron chi connectivity index (χ0n) is 14.7. The lowest BCUT2D eigenvalue weighted by Crippen LogP contribution is -2.54. The molecule has 0 aliphatic heterocycles. The van der Waals surface area contributed by atoms with E-state index < -0.39 is 5.54 Å². The molecule has 0 spiro atoms. The smallest absolute Gasteiger partial charge is 0.240 e. The van der Waals surface area contributed by atoms with Crippen molar-refractivity contribution in [2.75, 3.05) is 13.6 Å². The fourth-order valence-electron chi connectivity index (χ4n) is 3.03. The van der Waals surface area contributed by atoms with E-state index in [1.807, 2.05) is 0 Å². The van der Waals surface area contributed by atoms with Crippen LogP contribution in [0.3, 0.4) is 0 Å². The molecule has 0 bridgehead atoms. The van der Waals surface area contributed by atoms with Gasteiger partial charge in [-0.1, -0.05) is 50.5 Å². The Morgan fingerprint density at radius 3 is 2.46 bits per heavy atom.